The van der Waals surface area contributed by atoms with Crippen molar-refractivity contribution in [1.82, 2.24) is 0 Å². The summed E-state index contributed by atoms with van der Waals surface area (Å²) in [6, 6.07) is 28.7. The third-order valence-corrected chi connectivity index (χ3v) is 7.84. The molecule has 0 bridgehead atoms. The van der Waals surface area contributed by atoms with Crippen molar-refractivity contribution in [3.8, 4) is 0 Å². The Hall–Kier alpha value is -2.36. The first-order valence-electron chi connectivity index (χ1n) is 8.83. The number of nitrogens with zero attached hydrogens (tertiary/aromatic N) is 3. The molecule has 3 aromatic rings. The first-order valence-corrected chi connectivity index (χ1v) is 11.9. The van der Waals surface area contributed by atoms with Gasteiger partial charge in [0, 0.05) is 11.4 Å². The Morgan fingerprint density at radius 3 is 1.86 bits per heavy atom. The summed E-state index contributed by atoms with van der Waals surface area (Å²) in [4.78, 5) is 6.52. The Morgan fingerprint density at radius 1 is 0.862 bits per heavy atom. The zero-order valence-corrected chi connectivity index (χ0v) is 17.8. The van der Waals surface area contributed by atoms with Gasteiger partial charge in [0.25, 0.3) is 0 Å². The minimum Gasteiger partial charge on any atom is -0.286 e. The molecule has 148 valence electrons. The molecule has 1 aliphatic heterocycles. The standard InChI is InChI=1S/C21H19N3O2S3/c25-29(26)16-28-21(24(29)19-14-8-3-9-15-19)22-20(27)23(17-10-4-1-5-11-17)18-12-6-2-7-13-18/h1-15,25-26H,16H2/b22-21+. The number of rotatable bonds is 3. The highest BCUT2D eigenvalue weighted by Crippen LogP contribution is 2.56. The summed E-state index contributed by atoms with van der Waals surface area (Å²) in [6.07, 6.45) is 0. The van der Waals surface area contributed by atoms with Crippen LogP contribution in [-0.2, 0) is 0 Å². The maximum absolute atomic E-state index is 10.6. The lowest BCUT2D eigenvalue weighted by Crippen LogP contribution is -2.29. The van der Waals surface area contributed by atoms with Crippen LogP contribution in [0.15, 0.2) is 96.0 Å². The van der Waals surface area contributed by atoms with Gasteiger partial charge in [-0.25, -0.2) is 4.31 Å². The highest BCUT2D eigenvalue weighted by atomic mass is 32.3. The molecule has 29 heavy (non-hydrogen) atoms. The SMILES string of the molecule is OS1(O)CS/C(=N/C(=S)N(c2ccccc2)c2ccccc2)N1c1ccccc1. The first-order chi connectivity index (χ1) is 14.1. The fourth-order valence-electron chi connectivity index (χ4n) is 2.94. The molecular formula is C21H19N3O2S3. The molecule has 0 aliphatic carbocycles. The number of hydrogen-bond acceptors (Lipinski definition) is 4. The molecule has 1 heterocycles. The average Bonchev–Trinajstić information content (AvgIpc) is 3.04. The Bertz CT molecular complexity index is 976. The summed E-state index contributed by atoms with van der Waals surface area (Å²) in [5, 5.41) is 0.945. The van der Waals surface area contributed by atoms with Crippen LogP contribution in [0.1, 0.15) is 0 Å². The molecule has 1 aliphatic rings. The largest absolute Gasteiger partial charge is 0.286 e. The lowest BCUT2D eigenvalue weighted by atomic mass is 10.2. The molecule has 8 heteroatoms. The van der Waals surface area contributed by atoms with E-state index in [1.807, 2.05) is 95.9 Å². The van der Waals surface area contributed by atoms with Crippen molar-refractivity contribution in [1.29, 1.82) is 0 Å². The molecule has 5 nitrogen and oxygen atoms in total. The number of anilines is 3. The Labute approximate surface area is 181 Å². The third-order valence-electron chi connectivity index (χ3n) is 4.21. The van der Waals surface area contributed by atoms with Crippen LogP contribution in [0.3, 0.4) is 0 Å². The zero-order chi connectivity index (χ0) is 20.3. The van der Waals surface area contributed by atoms with E-state index in [9.17, 15) is 9.11 Å². The minimum absolute atomic E-state index is 0.153. The fraction of sp³-hybridized carbons (Fsp3) is 0.0476. The quantitative estimate of drug-likeness (QED) is 0.462. The van der Waals surface area contributed by atoms with Crippen LogP contribution in [0.2, 0.25) is 0 Å². The summed E-state index contributed by atoms with van der Waals surface area (Å²) in [6.45, 7) is 0. The predicted octanol–water partition coefficient (Wildman–Crippen LogP) is 6.34. The van der Waals surface area contributed by atoms with Crippen LogP contribution < -0.4 is 9.21 Å². The smallest absolute Gasteiger partial charge is 0.207 e. The van der Waals surface area contributed by atoms with E-state index in [2.05, 4.69) is 4.99 Å². The molecule has 2 N–H and O–H groups in total. The van der Waals surface area contributed by atoms with Crippen molar-refractivity contribution >= 4 is 62.1 Å². The Kier molecular flexibility index (Phi) is 5.89. The van der Waals surface area contributed by atoms with Crippen LogP contribution in [0.4, 0.5) is 17.1 Å². The lowest BCUT2D eigenvalue weighted by molar-refractivity contribution is 0.496. The van der Waals surface area contributed by atoms with Crippen LogP contribution in [0.5, 0.6) is 0 Å². The molecule has 0 aromatic heterocycles. The molecule has 0 amide bonds. The minimum atomic E-state index is -3.00. The molecule has 0 atom stereocenters. The van der Waals surface area contributed by atoms with E-state index in [0.717, 1.165) is 11.4 Å². The molecule has 0 spiro atoms. The molecule has 4 rings (SSSR count). The molecule has 1 saturated heterocycles. The molecule has 0 unspecified atom stereocenters. The number of para-hydroxylation sites is 3. The van der Waals surface area contributed by atoms with Gasteiger partial charge in [-0.05, 0) is 48.6 Å². The number of amidine groups is 1. The highest BCUT2D eigenvalue weighted by molar-refractivity contribution is 8.41. The van der Waals surface area contributed by atoms with E-state index in [-0.39, 0.29) is 5.08 Å². The van der Waals surface area contributed by atoms with Crippen molar-refractivity contribution in [3.05, 3.63) is 91.0 Å². The number of hydrogen-bond donors (Lipinski definition) is 2. The van der Waals surface area contributed by atoms with Gasteiger partial charge in [-0.15, -0.1) is 10.8 Å². The Morgan fingerprint density at radius 2 is 1.34 bits per heavy atom. The van der Waals surface area contributed by atoms with Crippen molar-refractivity contribution in [2.75, 3.05) is 14.3 Å². The second kappa shape index (κ2) is 8.56. The molecule has 0 radical (unpaired) electrons. The summed E-state index contributed by atoms with van der Waals surface area (Å²) in [5.41, 5.74) is 2.44. The lowest BCUT2D eigenvalue weighted by Gasteiger charge is -2.36. The molecule has 1 fully saturated rings. The normalized spacial score (nSPS) is 17.9. The summed E-state index contributed by atoms with van der Waals surface area (Å²) >= 11 is 6.99. The van der Waals surface area contributed by atoms with Gasteiger partial charge in [0.1, 0.15) is 5.08 Å². The van der Waals surface area contributed by atoms with Crippen molar-refractivity contribution in [3.63, 3.8) is 0 Å². The third kappa shape index (κ3) is 4.31. The summed E-state index contributed by atoms with van der Waals surface area (Å²) < 4.78 is 22.6. The second-order valence-corrected chi connectivity index (χ2v) is 9.80. The first kappa shape index (κ1) is 19.9. The maximum atomic E-state index is 10.6. The van der Waals surface area contributed by atoms with Gasteiger partial charge in [0.15, 0.2) is 5.17 Å². The van der Waals surface area contributed by atoms with Gasteiger partial charge < -0.3 is 0 Å². The van der Waals surface area contributed by atoms with E-state index >= 15 is 0 Å². The molecular weight excluding hydrogens is 422 g/mol. The van der Waals surface area contributed by atoms with Gasteiger partial charge in [0.05, 0.1) is 5.69 Å². The second-order valence-electron chi connectivity index (χ2n) is 6.21. The number of thioether (sulfide) groups is 1. The number of thiocarbonyl (C=S) groups is 1. The summed E-state index contributed by atoms with van der Waals surface area (Å²) in [7, 11) is -3.00. The maximum Gasteiger partial charge on any atom is 0.207 e. The van der Waals surface area contributed by atoms with Gasteiger partial charge >= 0.3 is 0 Å². The monoisotopic (exact) mass is 441 g/mol. The molecule has 0 saturated carbocycles. The average molecular weight is 442 g/mol. The van der Waals surface area contributed by atoms with Crippen LogP contribution in [0.25, 0.3) is 0 Å². The Balaban J connectivity index is 1.74. The van der Waals surface area contributed by atoms with Gasteiger partial charge in [-0.2, -0.15) is 4.99 Å². The van der Waals surface area contributed by atoms with E-state index in [0.29, 0.717) is 16.0 Å². The van der Waals surface area contributed by atoms with Gasteiger partial charge in [0.2, 0.25) is 5.11 Å². The van der Waals surface area contributed by atoms with E-state index in [4.69, 9.17) is 12.2 Å². The number of benzene rings is 3. The van der Waals surface area contributed by atoms with Gasteiger partial charge in [-0.1, -0.05) is 66.4 Å². The topological polar surface area (TPSA) is 59.3 Å². The van der Waals surface area contributed by atoms with E-state index in [1.54, 1.807) is 0 Å². The summed E-state index contributed by atoms with van der Waals surface area (Å²) in [5.74, 6) is 0. The van der Waals surface area contributed by atoms with Crippen molar-refractivity contribution in [2.45, 2.75) is 0 Å². The van der Waals surface area contributed by atoms with Crippen LogP contribution >= 0.6 is 34.8 Å². The fourth-order valence-corrected chi connectivity index (χ4v) is 6.42. The van der Waals surface area contributed by atoms with E-state index < -0.39 is 10.8 Å². The van der Waals surface area contributed by atoms with E-state index in [1.165, 1.54) is 16.1 Å². The number of aliphatic imine (C=N–C) groups is 1. The van der Waals surface area contributed by atoms with Gasteiger partial charge in [-0.3, -0.25) is 14.0 Å². The zero-order valence-electron chi connectivity index (χ0n) is 15.3. The predicted molar refractivity (Wildman–Crippen MR) is 129 cm³/mol. The van der Waals surface area contributed by atoms with Crippen LogP contribution in [0, 0.1) is 0 Å². The van der Waals surface area contributed by atoms with Crippen LogP contribution in [-0.4, -0.2) is 24.5 Å². The van der Waals surface area contributed by atoms with Crippen molar-refractivity contribution < 1.29 is 9.11 Å². The molecule has 3 aromatic carbocycles. The highest BCUT2D eigenvalue weighted by Gasteiger charge is 2.36. The van der Waals surface area contributed by atoms with Crippen molar-refractivity contribution in [2.24, 2.45) is 4.99 Å².